The number of benzene rings is 2. The molecule has 1 fully saturated rings. The van der Waals surface area contributed by atoms with Crippen LogP contribution in [0.5, 0.6) is 5.75 Å². The van der Waals surface area contributed by atoms with Gasteiger partial charge in [-0.05, 0) is 29.8 Å². The number of nitrogens with zero attached hydrogens (tertiary/aromatic N) is 3. The monoisotopic (exact) mass is 507 g/mol. The molecule has 188 valence electrons. The van der Waals surface area contributed by atoms with Crippen LogP contribution in [0.2, 0.25) is 0 Å². The van der Waals surface area contributed by atoms with Gasteiger partial charge in [0.25, 0.3) is 5.91 Å². The van der Waals surface area contributed by atoms with Crippen molar-refractivity contribution in [3.63, 3.8) is 0 Å². The van der Waals surface area contributed by atoms with E-state index >= 15 is 0 Å². The highest BCUT2D eigenvalue weighted by atomic mass is 32.1. The predicted molar refractivity (Wildman–Crippen MR) is 139 cm³/mol. The molecular weight excluding hydrogens is 478 g/mol. The van der Waals surface area contributed by atoms with E-state index in [9.17, 15) is 14.4 Å². The van der Waals surface area contributed by atoms with Crippen LogP contribution in [0.1, 0.15) is 23.0 Å². The number of anilines is 2. The summed E-state index contributed by atoms with van der Waals surface area (Å²) < 4.78 is 5.17. The molecule has 1 aliphatic heterocycles. The van der Waals surface area contributed by atoms with Crippen LogP contribution in [0.15, 0.2) is 60.0 Å². The van der Waals surface area contributed by atoms with Gasteiger partial charge >= 0.3 is 0 Å². The van der Waals surface area contributed by atoms with Gasteiger partial charge in [-0.25, -0.2) is 4.98 Å². The van der Waals surface area contributed by atoms with Gasteiger partial charge in [-0.3, -0.25) is 14.4 Å². The number of carbonyl (C=O) groups excluding carboxylic acids is 3. The van der Waals surface area contributed by atoms with E-state index in [1.165, 1.54) is 18.3 Å². The number of hydrogen-bond acceptors (Lipinski definition) is 7. The minimum absolute atomic E-state index is 0.00109. The number of hydrogen-bond donors (Lipinski definition) is 2. The summed E-state index contributed by atoms with van der Waals surface area (Å²) in [6.45, 7) is 3.37. The van der Waals surface area contributed by atoms with Crippen LogP contribution in [0.25, 0.3) is 0 Å². The number of methoxy groups -OCH3 is 1. The summed E-state index contributed by atoms with van der Waals surface area (Å²) in [5.74, 6) is 0.170. The minimum Gasteiger partial charge on any atom is -0.497 e. The first kappa shape index (κ1) is 25.2. The zero-order valence-electron chi connectivity index (χ0n) is 20.3. The molecule has 10 heteroatoms. The maximum Gasteiger partial charge on any atom is 0.271 e. The molecule has 0 aliphatic carbocycles. The van der Waals surface area contributed by atoms with E-state index < -0.39 is 11.9 Å². The molecule has 3 aromatic rings. The van der Waals surface area contributed by atoms with Gasteiger partial charge < -0.3 is 25.2 Å². The number of aromatic nitrogens is 1. The molecule has 2 N–H and O–H groups in total. The molecule has 1 aromatic heterocycles. The summed E-state index contributed by atoms with van der Waals surface area (Å²) >= 11 is 1.31. The van der Waals surface area contributed by atoms with Gasteiger partial charge in [0.1, 0.15) is 17.5 Å². The van der Waals surface area contributed by atoms with E-state index in [0.29, 0.717) is 37.7 Å². The highest BCUT2D eigenvalue weighted by Crippen LogP contribution is 2.23. The highest BCUT2D eigenvalue weighted by molar-refractivity contribution is 7.14. The van der Waals surface area contributed by atoms with E-state index in [-0.39, 0.29) is 17.5 Å². The topological polar surface area (TPSA) is 104 Å². The second kappa shape index (κ2) is 11.7. The molecule has 2 heterocycles. The van der Waals surface area contributed by atoms with Crippen LogP contribution < -0.4 is 15.4 Å². The Morgan fingerprint density at radius 2 is 1.67 bits per heavy atom. The lowest BCUT2D eigenvalue weighted by Crippen LogP contribution is -2.56. The Labute approximate surface area is 214 Å². The van der Waals surface area contributed by atoms with E-state index in [2.05, 4.69) is 15.6 Å². The zero-order chi connectivity index (χ0) is 25.5. The third-order valence-corrected chi connectivity index (χ3v) is 6.76. The van der Waals surface area contributed by atoms with Crippen LogP contribution in [0.4, 0.5) is 10.8 Å². The molecule has 4 rings (SSSR count). The van der Waals surface area contributed by atoms with Gasteiger partial charge in [0.15, 0.2) is 5.13 Å². The number of carbonyl (C=O) groups is 3. The molecule has 3 amide bonds. The van der Waals surface area contributed by atoms with E-state index in [4.69, 9.17) is 4.74 Å². The fraction of sp³-hybridized carbons (Fsp3) is 0.308. The molecule has 1 unspecified atom stereocenters. The maximum absolute atomic E-state index is 13.4. The Morgan fingerprint density at radius 3 is 2.31 bits per heavy atom. The van der Waals surface area contributed by atoms with Crippen molar-refractivity contribution in [1.29, 1.82) is 0 Å². The van der Waals surface area contributed by atoms with Crippen molar-refractivity contribution in [2.75, 3.05) is 38.6 Å². The van der Waals surface area contributed by atoms with Crippen molar-refractivity contribution in [2.24, 2.45) is 0 Å². The summed E-state index contributed by atoms with van der Waals surface area (Å²) in [5.41, 5.74) is 2.00. The number of thiazole rings is 1. The fourth-order valence-corrected chi connectivity index (χ4v) is 4.69. The van der Waals surface area contributed by atoms with E-state index in [1.807, 2.05) is 54.6 Å². The molecule has 9 nitrogen and oxygen atoms in total. The smallest absolute Gasteiger partial charge is 0.271 e. The third kappa shape index (κ3) is 6.39. The number of amides is 3. The fourth-order valence-electron chi connectivity index (χ4n) is 3.98. The van der Waals surface area contributed by atoms with Crippen molar-refractivity contribution < 1.29 is 19.1 Å². The first-order valence-corrected chi connectivity index (χ1v) is 12.6. The second-order valence-corrected chi connectivity index (χ2v) is 9.30. The molecule has 1 atom stereocenters. The molecule has 1 aliphatic rings. The lowest BCUT2D eigenvalue weighted by molar-refractivity contribution is -0.139. The highest BCUT2D eigenvalue weighted by Gasteiger charge is 2.30. The minimum atomic E-state index is -0.747. The largest absolute Gasteiger partial charge is 0.497 e. The van der Waals surface area contributed by atoms with Crippen molar-refractivity contribution in [2.45, 2.75) is 19.4 Å². The summed E-state index contributed by atoms with van der Waals surface area (Å²) in [6, 6.07) is 16.2. The van der Waals surface area contributed by atoms with Gasteiger partial charge in [-0.2, -0.15) is 0 Å². The average molecular weight is 508 g/mol. The van der Waals surface area contributed by atoms with Gasteiger partial charge in [0.05, 0.1) is 7.11 Å². The maximum atomic E-state index is 13.4. The first-order valence-electron chi connectivity index (χ1n) is 11.7. The van der Waals surface area contributed by atoms with Crippen molar-refractivity contribution in [1.82, 2.24) is 20.1 Å². The Morgan fingerprint density at radius 1 is 1.00 bits per heavy atom. The second-order valence-electron chi connectivity index (χ2n) is 8.44. The van der Waals surface area contributed by atoms with Gasteiger partial charge in [0, 0.05) is 50.6 Å². The van der Waals surface area contributed by atoms with Gasteiger partial charge in [-0.15, -0.1) is 11.3 Å². The van der Waals surface area contributed by atoms with Crippen molar-refractivity contribution in [3.05, 3.63) is 71.2 Å². The standard InChI is InChI=1S/C26H29N5O4S/c1-18(32)30-12-14-31(15-13-30)25(34)22(16-19-6-4-3-5-7-19)28-24(33)23-17-36-26(29-23)27-20-8-10-21(35-2)11-9-20/h3-11,17,22H,12-16H2,1-2H3,(H,27,29)(H,28,33). The van der Waals surface area contributed by atoms with Crippen LogP contribution in [-0.2, 0) is 16.0 Å². The number of rotatable bonds is 8. The number of piperazine rings is 1. The summed E-state index contributed by atoms with van der Waals surface area (Å²) in [6.07, 6.45) is 0.361. The molecule has 0 bridgehead atoms. The quantitative estimate of drug-likeness (QED) is 0.486. The predicted octanol–water partition coefficient (Wildman–Crippen LogP) is 2.93. The van der Waals surface area contributed by atoms with Gasteiger partial charge in [-0.1, -0.05) is 30.3 Å². The summed E-state index contributed by atoms with van der Waals surface area (Å²) in [4.78, 5) is 46.0. The molecule has 0 saturated carbocycles. The third-order valence-electron chi connectivity index (χ3n) is 6.00. The van der Waals surface area contributed by atoms with Crippen molar-refractivity contribution in [3.8, 4) is 5.75 Å². The molecule has 1 saturated heterocycles. The van der Waals surface area contributed by atoms with Crippen LogP contribution in [0.3, 0.4) is 0 Å². The zero-order valence-corrected chi connectivity index (χ0v) is 21.1. The lowest BCUT2D eigenvalue weighted by Gasteiger charge is -2.36. The van der Waals surface area contributed by atoms with Crippen LogP contribution in [-0.4, -0.2) is 71.8 Å². The SMILES string of the molecule is COc1ccc(Nc2nc(C(=O)NC(Cc3ccccc3)C(=O)N3CCN(C(C)=O)CC3)cs2)cc1. The van der Waals surface area contributed by atoms with Gasteiger partial charge in [0.2, 0.25) is 11.8 Å². The number of ether oxygens (including phenoxy) is 1. The van der Waals surface area contributed by atoms with E-state index in [0.717, 1.165) is 17.0 Å². The van der Waals surface area contributed by atoms with Crippen LogP contribution in [0, 0.1) is 0 Å². The number of nitrogens with one attached hydrogen (secondary N) is 2. The summed E-state index contributed by atoms with van der Waals surface area (Å²) in [7, 11) is 1.61. The Bertz CT molecular complexity index is 1190. The molecular formula is C26H29N5O4S. The Balaban J connectivity index is 1.44. The molecule has 0 spiro atoms. The molecule has 2 aromatic carbocycles. The lowest BCUT2D eigenvalue weighted by atomic mass is 10.0. The Kier molecular flexibility index (Phi) is 8.17. The summed E-state index contributed by atoms with van der Waals surface area (Å²) in [5, 5.41) is 8.30. The normalized spacial score (nSPS) is 14.2. The van der Waals surface area contributed by atoms with Crippen molar-refractivity contribution >= 4 is 39.9 Å². The average Bonchev–Trinajstić information content (AvgIpc) is 3.37. The first-order chi connectivity index (χ1) is 17.4. The van der Waals surface area contributed by atoms with E-state index in [1.54, 1.807) is 22.3 Å². The van der Waals surface area contributed by atoms with Crippen LogP contribution >= 0.6 is 11.3 Å². The molecule has 0 radical (unpaired) electrons. The molecule has 36 heavy (non-hydrogen) atoms. The Hall–Kier alpha value is -3.92.